The highest BCUT2D eigenvalue weighted by molar-refractivity contribution is 5.94. The molecule has 36 heavy (non-hydrogen) atoms. The second kappa shape index (κ2) is 9.99. The summed E-state index contributed by atoms with van der Waals surface area (Å²) in [5.74, 6) is 0.526. The third-order valence-electron chi connectivity index (χ3n) is 6.74. The molecule has 4 aromatic rings. The zero-order valence-corrected chi connectivity index (χ0v) is 21.3. The number of carbonyl (C=O) groups excluding carboxylic acids is 1. The van der Waals surface area contributed by atoms with Crippen LogP contribution in [-0.2, 0) is 0 Å². The topological polar surface area (TPSA) is 69.0 Å². The fourth-order valence-corrected chi connectivity index (χ4v) is 4.62. The monoisotopic (exact) mass is 483 g/mol. The zero-order chi connectivity index (χ0) is 25.2. The Bertz CT molecular complexity index is 1330. The molecule has 186 valence electrons. The molecule has 0 spiro atoms. The number of anilines is 3. The van der Waals surface area contributed by atoms with Crippen molar-refractivity contribution in [2.24, 2.45) is 0 Å². The number of benzene rings is 2. The van der Waals surface area contributed by atoms with Crippen LogP contribution in [0.2, 0.25) is 0 Å². The number of hydrogen-bond donors (Lipinski definition) is 1. The second-order valence-electron chi connectivity index (χ2n) is 9.69. The van der Waals surface area contributed by atoms with E-state index in [-0.39, 0.29) is 5.91 Å². The molecule has 2 aromatic carbocycles. The maximum atomic E-state index is 12.2. The molecule has 1 fully saturated rings. The normalized spacial score (nSPS) is 14.4. The van der Waals surface area contributed by atoms with Gasteiger partial charge in [0, 0.05) is 75.0 Å². The van der Waals surface area contributed by atoms with E-state index in [9.17, 15) is 4.79 Å². The summed E-state index contributed by atoms with van der Waals surface area (Å²) in [7, 11) is 3.51. The molecule has 5 rings (SSSR count). The number of carbonyl (C=O) groups is 1. The van der Waals surface area contributed by atoms with E-state index >= 15 is 0 Å². The number of nitrogens with one attached hydrogen (secondary N) is 1. The number of aromatic nitrogens is 3. The van der Waals surface area contributed by atoms with Gasteiger partial charge in [-0.2, -0.15) is 4.98 Å². The Morgan fingerprint density at radius 3 is 2.28 bits per heavy atom. The van der Waals surface area contributed by atoms with Crippen LogP contribution in [0.15, 0.2) is 66.9 Å². The van der Waals surface area contributed by atoms with Crippen molar-refractivity contribution in [1.29, 1.82) is 0 Å². The Kier molecular flexibility index (Phi) is 6.61. The number of hydrogen-bond acceptors (Lipinski definition) is 6. The maximum absolute atomic E-state index is 12.2. The number of pyridine rings is 1. The van der Waals surface area contributed by atoms with Crippen molar-refractivity contribution in [2.75, 3.05) is 50.5 Å². The van der Waals surface area contributed by atoms with E-state index in [1.165, 1.54) is 5.69 Å². The van der Waals surface area contributed by atoms with E-state index in [2.05, 4.69) is 58.3 Å². The van der Waals surface area contributed by atoms with Crippen LogP contribution >= 0.6 is 0 Å². The van der Waals surface area contributed by atoms with Gasteiger partial charge in [-0.15, -0.1) is 5.10 Å². The highest BCUT2D eigenvalue weighted by Gasteiger charge is 2.19. The molecule has 1 N–H and O–H groups in total. The summed E-state index contributed by atoms with van der Waals surface area (Å²) in [5.41, 5.74) is 5.54. The molecule has 8 nitrogen and oxygen atoms in total. The summed E-state index contributed by atoms with van der Waals surface area (Å²) in [5, 5.41) is 7.96. The summed E-state index contributed by atoms with van der Waals surface area (Å²) < 4.78 is 1.78. The smallest absolute Gasteiger partial charge is 0.253 e. The van der Waals surface area contributed by atoms with Crippen molar-refractivity contribution in [2.45, 2.75) is 19.9 Å². The van der Waals surface area contributed by atoms with Crippen molar-refractivity contribution in [3.63, 3.8) is 0 Å². The van der Waals surface area contributed by atoms with E-state index in [1.54, 1.807) is 23.5 Å². The number of fused-ring (bicyclic) bond motifs is 1. The van der Waals surface area contributed by atoms with Gasteiger partial charge >= 0.3 is 0 Å². The van der Waals surface area contributed by atoms with Gasteiger partial charge < -0.3 is 15.1 Å². The molecule has 3 heterocycles. The van der Waals surface area contributed by atoms with Crippen LogP contribution in [-0.4, -0.2) is 76.6 Å². The third-order valence-corrected chi connectivity index (χ3v) is 6.74. The van der Waals surface area contributed by atoms with Crippen LogP contribution in [0.25, 0.3) is 16.8 Å². The first-order valence-electron chi connectivity index (χ1n) is 12.4. The summed E-state index contributed by atoms with van der Waals surface area (Å²) in [6.07, 6.45) is 1.89. The number of rotatable bonds is 6. The van der Waals surface area contributed by atoms with Crippen molar-refractivity contribution in [3.05, 3.63) is 72.4 Å². The lowest BCUT2D eigenvalue weighted by Crippen LogP contribution is -2.48. The summed E-state index contributed by atoms with van der Waals surface area (Å²) in [6, 6.07) is 20.6. The van der Waals surface area contributed by atoms with Crippen molar-refractivity contribution >= 4 is 28.9 Å². The minimum absolute atomic E-state index is 0.0161. The van der Waals surface area contributed by atoms with Crippen molar-refractivity contribution < 1.29 is 4.79 Å². The molecule has 0 bridgehead atoms. The number of amides is 1. The van der Waals surface area contributed by atoms with E-state index in [1.807, 2.05) is 42.6 Å². The highest BCUT2D eigenvalue weighted by atomic mass is 16.2. The van der Waals surface area contributed by atoms with Gasteiger partial charge in [-0.25, -0.2) is 4.52 Å². The average molecular weight is 484 g/mol. The first-order valence-corrected chi connectivity index (χ1v) is 12.4. The SMILES string of the molecule is CC(C)N1CCN(c2ccc(Nc3nc4c(-c5ccc(C(=O)N(C)C)cc5)cccn4n3)cc2)CC1. The van der Waals surface area contributed by atoms with E-state index < -0.39 is 0 Å². The summed E-state index contributed by atoms with van der Waals surface area (Å²) in [4.78, 5) is 23.5. The van der Waals surface area contributed by atoms with Gasteiger partial charge in [0.2, 0.25) is 5.95 Å². The van der Waals surface area contributed by atoms with E-state index in [0.29, 0.717) is 17.6 Å². The molecule has 1 saturated heterocycles. The molecule has 0 saturated carbocycles. The Balaban J connectivity index is 1.31. The standard InChI is InChI=1S/C28H33N7O/c1-20(2)33-16-18-34(19-17-33)24-13-11-23(12-14-24)29-28-30-26-25(6-5-15-35(26)31-28)21-7-9-22(10-8-21)27(36)32(3)4/h5-15,20H,16-19H2,1-4H3,(H,29,31). The fraction of sp³-hybridized carbons (Fsp3) is 0.321. The summed E-state index contributed by atoms with van der Waals surface area (Å²) >= 11 is 0. The molecule has 0 radical (unpaired) electrons. The first-order chi connectivity index (χ1) is 17.4. The molecular formula is C28H33N7O. The molecule has 1 aliphatic heterocycles. The van der Waals surface area contributed by atoms with E-state index in [4.69, 9.17) is 4.98 Å². The second-order valence-corrected chi connectivity index (χ2v) is 9.69. The average Bonchev–Trinajstić information content (AvgIpc) is 3.31. The zero-order valence-electron chi connectivity index (χ0n) is 21.3. The quantitative estimate of drug-likeness (QED) is 0.439. The molecule has 2 aromatic heterocycles. The van der Waals surface area contributed by atoms with Crippen LogP contribution in [0.5, 0.6) is 0 Å². The van der Waals surface area contributed by atoms with Gasteiger partial charge in [0.05, 0.1) is 0 Å². The minimum Gasteiger partial charge on any atom is -0.369 e. The van der Waals surface area contributed by atoms with Crippen LogP contribution in [0.4, 0.5) is 17.3 Å². The Hall–Kier alpha value is -3.91. The Morgan fingerprint density at radius 2 is 1.64 bits per heavy atom. The van der Waals surface area contributed by atoms with Crippen molar-refractivity contribution in [1.82, 2.24) is 24.4 Å². The predicted molar refractivity (Wildman–Crippen MR) is 145 cm³/mol. The van der Waals surface area contributed by atoms with E-state index in [0.717, 1.165) is 48.6 Å². The molecule has 0 atom stereocenters. The molecule has 8 heteroatoms. The molecular weight excluding hydrogens is 450 g/mol. The van der Waals surface area contributed by atoms with Crippen LogP contribution < -0.4 is 10.2 Å². The lowest BCUT2D eigenvalue weighted by molar-refractivity contribution is 0.0827. The van der Waals surface area contributed by atoms with Gasteiger partial charge in [-0.05, 0) is 67.9 Å². The largest absolute Gasteiger partial charge is 0.369 e. The first kappa shape index (κ1) is 23.8. The highest BCUT2D eigenvalue weighted by Crippen LogP contribution is 2.26. The molecule has 0 aliphatic carbocycles. The number of piperazine rings is 1. The van der Waals surface area contributed by atoms with Gasteiger partial charge in [-0.1, -0.05) is 12.1 Å². The van der Waals surface area contributed by atoms with Crippen LogP contribution in [0.3, 0.4) is 0 Å². The van der Waals surface area contributed by atoms with Gasteiger partial charge in [0.1, 0.15) is 0 Å². The lowest BCUT2D eigenvalue weighted by Gasteiger charge is -2.38. The minimum atomic E-state index is -0.0161. The Labute approximate surface area is 212 Å². The van der Waals surface area contributed by atoms with Crippen LogP contribution in [0, 0.1) is 0 Å². The lowest BCUT2D eigenvalue weighted by atomic mass is 10.0. The maximum Gasteiger partial charge on any atom is 0.253 e. The number of nitrogens with zero attached hydrogens (tertiary/aromatic N) is 6. The third kappa shape index (κ3) is 4.90. The van der Waals surface area contributed by atoms with Gasteiger partial charge in [-0.3, -0.25) is 9.69 Å². The van der Waals surface area contributed by atoms with Gasteiger partial charge in [0.15, 0.2) is 5.65 Å². The molecule has 1 aliphatic rings. The van der Waals surface area contributed by atoms with Crippen LogP contribution in [0.1, 0.15) is 24.2 Å². The molecule has 1 amide bonds. The predicted octanol–water partition coefficient (Wildman–Crippen LogP) is 4.37. The Morgan fingerprint density at radius 1 is 0.944 bits per heavy atom. The van der Waals surface area contributed by atoms with Gasteiger partial charge in [0.25, 0.3) is 5.91 Å². The fourth-order valence-electron chi connectivity index (χ4n) is 4.62. The van der Waals surface area contributed by atoms with Crippen molar-refractivity contribution in [3.8, 4) is 11.1 Å². The summed E-state index contributed by atoms with van der Waals surface area (Å²) in [6.45, 7) is 8.81. The molecule has 0 unspecified atom stereocenters.